The van der Waals surface area contributed by atoms with Crippen LogP contribution in [0.2, 0.25) is 0 Å². The molecule has 6 nitrogen and oxygen atoms in total. The highest BCUT2D eigenvalue weighted by Crippen LogP contribution is 2.34. The summed E-state index contributed by atoms with van der Waals surface area (Å²) in [5.74, 6) is 0.880. The molecule has 0 aromatic rings. The van der Waals surface area contributed by atoms with E-state index in [1.165, 1.54) is 18.2 Å². The molecule has 31 heavy (non-hydrogen) atoms. The molecule has 3 rings (SSSR count). The van der Waals surface area contributed by atoms with E-state index in [2.05, 4.69) is 23.6 Å². The topological polar surface area (TPSA) is 91.2 Å². The summed E-state index contributed by atoms with van der Waals surface area (Å²) >= 11 is 1.51. The molecule has 0 bridgehead atoms. The average molecular weight is 450 g/mol. The van der Waals surface area contributed by atoms with Gasteiger partial charge in [-0.25, -0.2) is 0 Å². The first-order valence-electron chi connectivity index (χ1n) is 12.1. The number of thioether (sulfide) groups is 1. The standard InChI is InChI=1S/C24H39N3O3S/c1-16-12-18(14-30-2)20(13-25)24(26-16)31-15-22(28)27-21-11-7-6-10-19(21)23(29)17-8-4-3-5-9-17/h16-21,24,26H,3-12,14-15H2,1-2H3,(H,27,28). The molecule has 0 aromatic carbocycles. The third kappa shape index (κ3) is 6.69. The Morgan fingerprint density at radius 1 is 1.13 bits per heavy atom. The van der Waals surface area contributed by atoms with E-state index in [0.717, 1.165) is 57.8 Å². The van der Waals surface area contributed by atoms with Gasteiger partial charge in [0.05, 0.1) is 29.7 Å². The summed E-state index contributed by atoms with van der Waals surface area (Å²) in [5, 5.41) is 16.3. The van der Waals surface area contributed by atoms with E-state index >= 15 is 0 Å². The fraction of sp³-hybridized carbons (Fsp3) is 0.875. The van der Waals surface area contributed by atoms with Crippen LogP contribution in [0.3, 0.4) is 0 Å². The van der Waals surface area contributed by atoms with Crippen LogP contribution in [-0.4, -0.2) is 48.6 Å². The van der Waals surface area contributed by atoms with Crippen molar-refractivity contribution in [3.63, 3.8) is 0 Å². The molecule has 1 aliphatic heterocycles. The molecule has 7 heteroatoms. The molecule has 2 N–H and O–H groups in total. The molecule has 2 aliphatic carbocycles. The van der Waals surface area contributed by atoms with Crippen LogP contribution in [0.25, 0.3) is 0 Å². The molecule has 6 unspecified atom stereocenters. The number of nitriles is 1. The molecule has 1 saturated heterocycles. The van der Waals surface area contributed by atoms with Crippen LogP contribution in [0.1, 0.15) is 71.1 Å². The minimum Gasteiger partial charge on any atom is -0.384 e. The van der Waals surface area contributed by atoms with Crippen LogP contribution >= 0.6 is 11.8 Å². The molecular weight excluding hydrogens is 410 g/mol. The van der Waals surface area contributed by atoms with Crippen LogP contribution in [0.5, 0.6) is 0 Å². The number of piperidine rings is 1. The summed E-state index contributed by atoms with van der Waals surface area (Å²) in [7, 11) is 1.67. The predicted molar refractivity (Wildman–Crippen MR) is 123 cm³/mol. The van der Waals surface area contributed by atoms with Gasteiger partial charge in [0.1, 0.15) is 5.78 Å². The minimum absolute atomic E-state index is 0.0154. The lowest BCUT2D eigenvalue weighted by molar-refractivity contribution is -0.130. The molecule has 0 aromatic heterocycles. The number of carbonyl (C=O) groups is 2. The maximum atomic E-state index is 13.2. The van der Waals surface area contributed by atoms with E-state index < -0.39 is 0 Å². The van der Waals surface area contributed by atoms with Gasteiger partial charge >= 0.3 is 0 Å². The van der Waals surface area contributed by atoms with Crippen molar-refractivity contribution in [2.75, 3.05) is 19.5 Å². The summed E-state index contributed by atoms with van der Waals surface area (Å²) in [6.45, 7) is 2.69. The average Bonchev–Trinajstić information content (AvgIpc) is 2.78. The van der Waals surface area contributed by atoms with Gasteiger partial charge in [-0.1, -0.05) is 32.1 Å². The summed E-state index contributed by atoms with van der Waals surface area (Å²) < 4.78 is 5.32. The summed E-state index contributed by atoms with van der Waals surface area (Å²) in [6.07, 6.45) is 10.5. The maximum absolute atomic E-state index is 13.2. The van der Waals surface area contributed by atoms with Crippen LogP contribution < -0.4 is 10.6 Å². The van der Waals surface area contributed by atoms with Crippen molar-refractivity contribution in [1.29, 1.82) is 5.26 Å². The van der Waals surface area contributed by atoms with E-state index in [0.29, 0.717) is 24.2 Å². The largest absolute Gasteiger partial charge is 0.384 e. The number of Topliss-reactive ketones (excluding diaryl/α,β-unsaturated/α-hetero) is 1. The monoisotopic (exact) mass is 449 g/mol. The fourth-order valence-electron chi connectivity index (χ4n) is 5.76. The molecule has 0 spiro atoms. The highest BCUT2D eigenvalue weighted by Gasteiger charge is 2.38. The van der Waals surface area contributed by atoms with Crippen molar-refractivity contribution < 1.29 is 14.3 Å². The number of nitrogens with zero attached hydrogens (tertiary/aromatic N) is 1. The van der Waals surface area contributed by atoms with E-state index in [1.807, 2.05) is 0 Å². The summed E-state index contributed by atoms with van der Waals surface area (Å²) in [5.41, 5.74) is 0. The molecular formula is C24H39N3O3S. The number of methoxy groups -OCH3 is 1. The number of ether oxygens (including phenoxy) is 1. The maximum Gasteiger partial charge on any atom is 0.230 e. The van der Waals surface area contributed by atoms with Crippen LogP contribution in [0.15, 0.2) is 0 Å². The Labute approximate surface area is 191 Å². The highest BCUT2D eigenvalue weighted by atomic mass is 32.2. The molecule has 1 heterocycles. The smallest absolute Gasteiger partial charge is 0.230 e. The molecule has 3 aliphatic rings. The number of carbonyl (C=O) groups excluding carboxylic acids is 2. The number of hydrogen-bond acceptors (Lipinski definition) is 6. The van der Waals surface area contributed by atoms with Crippen molar-refractivity contribution in [2.45, 2.75) is 88.6 Å². The number of nitrogens with one attached hydrogen (secondary N) is 2. The Balaban J connectivity index is 1.53. The third-order valence-electron chi connectivity index (χ3n) is 7.35. The SMILES string of the molecule is COCC1CC(C)NC(SCC(=O)NC2CCCCC2C(=O)C2CCCCC2)C1C#N. The van der Waals surface area contributed by atoms with Gasteiger partial charge in [0.25, 0.3) is 0 Å². The van der Waals surface area contributed by atoms with Crippen molar-refractivity contribution in [1.82, 2.24) is 10.6 Å². The second kappa shape index (κ2) is 12.2. The van der Waals surface area contributed by atoms with Gasteiger partial charge in [-0.2, -0.15) is 5.26 Å². The van der Waals surface area contributed by atoms with Gasteiger partial charge < -0.3 is 15.4 Å². The van der Waals surface area contributed by atoms with Gasteiger partial charge in [0, 0.05) is 36.9 Å². The van der Waals surface area contributed by atoms with Crippen molar-refractivity contribution in [3.8, 4) is 6.07 Å². The number of rotatable bonds is 8. The van der Waals surface area contributed by atoms with Gasteiger partial charge in [0.2, 0.25) is 5.91 Å². The fourth-order valence-corrected chi connectivity index (χ4v) is 6.99. The second-order valence-corrected chi connectivity index (χ2v) is 10.8. The molecule has 174 valence electrons. The van der Waals surface area contributed by atoms with Crippen molar-refractivity contribution >= 4 is 23.5 Å². The molecule has 3 fully saturated rings. The van der Waals surface area contributed by atoms with E-state index in [9.17, 15) is 14.9 Å². The second-order valence-electron chi connectivity index (χ2n) is 9.71. The zero-order valence-corrected chi connectivity index (χ0v) is 19.9. The lowest BCUT2D eigenvalue weighted by atomic mass is 9.74. The van der Waals surface area contributed by atoms with E-state index in [-0.39, 0.29) is 41.0 Å². The third-order valence-corrected chi connectivity index (χ3v) is 8.57. The van der Waals surface area contributed by atoms with Crippen LogP contribution in [0, 0.1) is 35.0 Å². The van der Waals surface area contributed by atoms with Crippen LogP contribution in [0.4, 0.5) is 0 Å². The first-order chi connectivity index (χ1) is 15.0. The zero-order chi connectivity index (χ0) is 22.2. The lowest BCUT2D eigenvalue weighted by Gasteiger charge is -2.38. The van der Waals surface area contributed by atoms with Crippen molar-refractivity contribution in [3.05, 3.63) is 0 Å². The number of amides is 1. The van der Waals surface area contributed by atoms with Gasteiger partial charge in [-0.15, -0.1) is 11.8 Å². The number of hydrogen-bond donors (Lipinski definition) is 2. The van der Waals surface area contributed by atoms with Gasteiger partial charge in [-0.05, 0) is 39.0 Å². The van der Waals surface area contributed by atoms with Crippen LogP contribution in [-0.2, 0) is 14.3 Å². The Bertz CT molecular complexity index is 646. The Kier molecular flexibility index (Phi) is 9.68. The first kappa shape index (κ1) is 24.5. The molecule has 1 amide bonds. The normalized spacial score (nSPS) is 34.6. The summed E-state index contributed by atoms with van der Waals surface area (Å²) in [6, 6.07) is 2.70. The zero-order valence-electron chi connectivity index (χ0n) is 19.1. The quantitative estimate of drug-likeness (QED) is 0.588. The lowest BCUT2D eigenvalue weighted by Crippen LogP contribution is -2.50. The number of ketones is 1. The Hall–Kier alpha value is -1.10. The van der Waals surface area contributed by atoms with Crippen molar-refractivity contribution in [2.24, 2.45) is 23.7 Å². The first-order valence-corrected chi connectivity index (χ1v) is 13.2. The Morgan fingerprint density at radius 3 is 2.55 bits per heavy atom. The molecule has 0 radical (unpaired) electrons. The van der Waals surface area contributed by atoms with E-state index in [4.69, 9.17) is 4.74 Å². The Morgan fingerprint density at radius 2 is 1.84 bits per heavy atom. The highest BCUT2D eigenvalue weighted by molar-refractivity contribution is 8.00. The predicted octanol–water partition coefficient (Wildman–Crippen LogP) is 3.65. The van der Waals surface area contributed by atoms with Gasteiger partial charge in [-0.3, -0.25) is 9.59 Å². The minimum atomic E-state index is -0.177. The molecule has 2 saturated carbocycles. The van der Waals surface area contributed by atoms with E-state index in [1.54, 1.807) is 7.11 Å². The van der Waals surface area contributed by atoms with Gasteiger partial charge in [0.15, 0.2) is 0 Å². The summed E-state index contributed by atoms with van der Waals surface area (Å²) in [4.78, 5) is 26.0. The molecule has 6 atom stereocenters.